The molecule has 4 rings (SSSR count). The maximum atomic E-state index is 13.1. The zero-order valence-corrected chi connectivity index (χ0v) is 14.3. The molecule has 1 aliphatic heterocycles. The van der Waals surface area contributed by atoms with Crippen molar-refractivity contribution in [1.29, 1.82) is 0 Å². The van der Waals surface area contributed by atoms with Gasteiger partial charge >= 0.3 is 0 Å². The summed E-state index contributed by atoms with van der Waals surface area (Å²) in [6, 6.07) is 15.7. The second kappa shape index (κ2) is 6.82. The van der Waals surface area contributed by atoms with Crippen LogP contribution in [0.4, 0.5) is 0 Å². The largest absolute Gasteiger partial charge is 0.497 e. The van der Waals surface area contributed by atoms with Gasteiger partial charge in [-0.1, -0.05) is 24.3 Å². The Morgan fingerprint density at radius 2 is 1.80 bits per heavy atom. The van der Waals surface area contributed by atoms with Crippen molar-refractivity contribution in [3.63, 3.8) is 0 Å². The summed E-state index contributed by atoms with van der Waals surface area (Å²) in [7, 11) is 1.65. The molecule has 0 spiro atoms. The predicted octanol–water partition coefficient (Wildman–Crippen LogP) is 3.19. The van der Waals surface area contributed by atoms with Crippen LogP contribution in [0.3, 0.4) is 0 Å². The predicted molar refractivity (Wildman–Crippen MR) is 100 cm³/mol. The standard InChI is InChI=1S/C21H21NO3/c1-24-17-6-7-19-20(13-17)16(14-22-8-10-25-11-9-22)12-15-4-2-3-5-18(15)21(19)23/h2-7,12-13H,8-11,14H2,1H3. The number of morpholine rings is 1. The van der Waals surface area contributed by atoms with Crippen LogP contribution in [0.15, 0.2) is 53.3 Å². The van der Waals surface area contributed by atoms with Crippen LogP contribution in [0.25, 0.3) is 21.5 Å². The van der Waals surface area contributed by atoms with Crippen LogP contribution in [0.2, 0.25) is 0 Å². The average molecular weight is 335 g/mol. The highest BCUT2D eigenvalue weighted by Crippen LogP contribution is 2.25. The van der Waals surface area contributed by atoms with Gasteiger partial charge in [-0.05, 0) is 40.6 Å². The van der Waals surface area contributed by atoms with E-state index in [1.807, 2.05) is 42.5 Å². The van der Waals surface area contributed by atoms with Gasteiger partial charge in [0.25, 0.3) is 0 Å². The summed E-state index contributed by atoms with van der Waals surface area (Å²) >= 11 is 0. The SMILES string of the molecule is COc1ccc2c(=O)c3ccccc3cc(CN3CCOCC3)c2c1. The van der Waals surface area contributed by atoms with E-state index in [1.165, 1.54) is 0 Å². The molecule has 0 N–H and O–H groups in total. The molecule has 0 saturated carbocycles. The highest BCUT2D eigenvalue weighted by Gasteiger charge is 2.14. The lowest BCUT2D eigenvalue weighted by atomic mass is 10.1. The van der Waals surface area contributed by atoms with Gasteiger partial charge in [0.05, 0.1) is 20.3 Å². The van der Waals surface area contributed by atoms with Gasteiger partial charge in [-0.2, -0.15) is 0 Å². The summed E-state index contributed by atoms with van der Waals surface area (Å²) in [6.45, 7) is 4.13. The molecule has 0 aliphatic carbocycles. The van der Waals surface area contributed by atoms with E-state index in [0.717, 1.165) is 65.7 Å². The van der Waals surface area contributed by atoms with Gasteiger partial charge in [0.1, 0.15) is 5.75 Å². The molecule has 0 aromatic heterocycles. The van der Waals surface area contributed by atoms with E-state index in [-0.39, 0.29) is 5.43 Å². The smallest absolute Gasteiger partial charge is 0.194 e. The molecule has 1 fully saturated rings. The maximum Gasteiger partial charge on any atom is 0.194 e. The van der Waals surface area contributed by atoms with Crippen molar-refractivity contribution in [1.82, 2.24) is 4.90 Å². The van der Waals surface area contributed by atoms with Crippen LogP contribution in [-0.2, 0) is 11.3 Å². The highest BCUT2D eigenvalue weighted by atomic mass is 16.5. The minimum atomic E-state index is 0.0708. The fourth-order valence-corrected chi connectivity index (χ4v) is 3.49. The fourth-order valence-electron chi connectivity index (χ4n) is 3.49. The van der Waals surface area contributed by atoms with Crippen LogP contribution >= 0.6 is 0 Å². The summed E-state index contributed by atoms with van der Waals surface area (Å²) in [5.74, 6) is 0.769. The lowest BCUT2D eigenvalue weighted by Gasteiger charge is -2.26. The van der Waals surface area contributed by atoms with Gasteiger partial charge in [0, 0.05) is 30.4 Å². The van der Waals surface area contributed by atoms with Gasteiger partial charge in [0.15, 0.2) is 5.43 Å². The number of hydrogen-bond donors (Lipinski definition) is 0. The number of nitrogens with zero attached hydrogens (tertiary/aromatic N) is 1. The molecule has 0 radical (unpaired) electrons. The summed E-state index contributed by atoms with van der Waals surface area (Å²) in [5, 5.41) is 3.44. The van der Waals surface area contributed by atoms with Crippen molar-refractivity contribution in [2.75, 3.05) is 33.4 Å². The van der Waals surface area contributed by atoms with E-state index in [1.54, 1.807) is 7.11 Å². The molecule has 1 heterocycles. The molecular weight excluding hydrogens is 314 g/mol. The zero-order chi connectivity index (χ0) is 17.2. The number of fused-ring (bicyclic) bond motifs is 2. The first-order chi connectivity index (χ1) is 12.3. The topological polar surface area (TPSA) is 38.8 Å². The van der Waals surface area contributed by atoms with Gasteiger partial charge in [-0.25, -0.2) is 0 Å². The molecule has 0 amide bonds. The Labute approximate surface area is 146 Å². The molecule has 3 aromatic carbocycles. The van der Waals surface area contributed by atoms with Gasteiger partial charge < -0.3 is 9.47 Å². The highest BCUT2D eigenvalue weighted by molar-refractivity contribution is 5.95. The van der Waals surface area contributed by atoms with Crippen molar-refractivity contribution in [2.24, 2.45) is 0 Å². The van der Waals surface area contributed by atoms with Gasteiger partial charge in [0.2, 0.25) is 0 Å². The Morgan fingerprint density at radius 1 is 1.00 bits per heavy atom. The number of hydrogen-bond acceptors (Lipinski definition) is 4. The van der Waals surface area contributed by atoms with Crippen molar-refractivity contribution in [3.05, 3.63) is 64.3 Å². The summed E-state index contributed by atoms with van der Waals surface area (Å²) in [4.78, 5) is 15.4. The molecular formula is C21H21NO3. The summed E-state index contributed by atoms with van der Waals surface area (Å²) < 4.78 is 10.9. The van der Waals surface area contributed by atoms with E-state index in [4.69, 9.17) is 9.47 Å². The quantitative estimate of drug-likeness (QED) is 0.737. The average Bonchev–Trinajstić information content (AvgIpc) is 2.78. The van der Waals surface area contributed by atoms with Crippen molar-refractivity contribution < 1.29 is 9.47 Å². The molecule has 4 nitrogen and oxygen atoms in total. The zero-order valence-electron chi connectivity index (χ0n) is 14.3. The second-order valence-electron chi connectivity index (χ2n) is 6.39. The van der Waals surface area contributed by atoms with Gasteiger partial charge in [-0.15, -0.1) is 0 Å². The Bertz CT molecular complexity index is 978. The Morgan fingerprint density at radius 3 is 2.60 bits per heavy atom. The van der Waals surface area contributed by atoms with Gasteiger partial charge in [-0.3, -0.25) is 9.69 Å². The lowest BCUT2D eigenvalue weighted by Crippen LogP contribution is -2.35. The van der Waals surface area contributed by atoms with Crippen molar-refractivity contribution in [2.45, 2.75) is 6.54 Å². The lowest BCUT2D eigenvalue weighted by molar-refractivity contribution is 0.0344. The van der Waals surface area contributed by atoms with E-state index in [0.29, 0.717) is 0 Å². The molecule has 0 unspecified atom stereocenters. The molecule has 3 aromatic rings. The molecule has 128 valence electrons. The Balaban J connectivity index is 1.99. The first-order valence-corrected chi connectivity index (χ1v) is 8.59. The van der Waals surface area contributed by atoms with Crippen LogP contribution in [0, 0.1) is 0 Å². The maximum absolute atomic E-state index is 13.1. The Hall–Kier alpha value is -2.43. The third-order valence-electron chi connectivity index (χ3n) is 4.85. The third kappa shape index (κ3) is 3.11. The normalized spacial score (nSPS) is 15.6. The van der Waals surface area contributed by atoms with Crippen LogP contribution in [0.1, 0.15) is 5.56 Å². The molecule has 4 heteroatoms. The van der Waals surface area contributed by atoms with Crippen LogP contribution in [-0.4, -0.2) is 38.3 Å². The number of rotatable bonds is 3. The minimum absolute atomic E-state index is 0.0708. The molecule has 25 heavy (non-hydrogen) atoms. The number of benzene rings is 2. The molecule has 1 saturated heterocycles. The first kappa shape index (κ1) is 16.1. The number of ether oxygens (including phenoxy) is 2. The monoisotopic (exact) mass is 335 g/mol. The van der Waals surface area contributed by atoms with E-state index in [9.17, 15) is 4.79 Å². The Kier molecular flexibility index (Phi) is 4.38. The molecule has 0 atom stereocenters. The van der Waals surface area contributed by atoms with Crippen molar-refractivity contribution >= 4 is 21.5 Å². The molecule has 1 aliphatic rings. The van der Waals surface area contributed by atoms with Crippen molar-refractivity contribution in [3.8, 4) is 5.75 Å². The fraction of sp³-hybridized carbons (Fsp3) is 0.286. The summed E-state index contributed by atoms with van der Waals surface area (Å²) in [5.41, 5.74) is 1.22. The third-order valence-corrected chi connectivity index (χ3v) is 4.85. The summed E-state index contributed by atoms with van der Waals surface area (Å²) in [6.07, 6.45) is 0. The van der Waals surface area contributed by atoms with Crippen LogP contribution < -0.4 is 10.2 Å². The number of methoxy groups -OCH3 is 1. The van der Waals surface area contributed by atoms with E-state index < -0.39 is 0 Å². The molecule has 0 bridgehead atoms. The first-order valence-electron chi connectivity index (χ1n) is 8.59. The van der Waals surface area contributed by atoms with E-state index >= 15 is 0 Å². The van der Waals surface area contributed by atoms with Crippen LogP contribution in [0.5, 0.6) is 5.75 Å². The second-order valence-corrected chi connectivity index (χ2v) is 6.39. The van der Waals surface area contributed by atoms with E-state index in [2.05, 4.69) is 11.0 Å². The minimum Gasteiger partial charge on any atom is -0.497 e.